The van der Waals surface area contributed by atoms with Gasteiger partial charge in [0.25, 0.3) is 0 Å². The lowest BCUT2D eigenvalue weighted by Gasteiger charge is -2.16. The van der Waals surface area contributed by atoms with Crippen molar-refractivity contribution in [1.82, 2.24) is 5.32 Å². The summed E-state index contributed by atoms with van der Waals surface area (Å²) in [6, 6.07) is 12.7. The number of carbonyl (C=O) groups is 1. The number of carboxylic acid groups (broad SMARTS) is 1. The predicted octanol–water partition coefficient (Wildman–Crippen LogP) is 3.07. The molecule has 0 bridgehead atoms. The van der Waals surface area contributed by atoms with E-state index in [0.29, 0.717) is 23.9 Å². The van der Waals surface area contributed by atoms with Crippen molar-refractivity contribution in [1.29, 1.82) is 0 Å². The Bertz CT molecular complexity index is 782. The number of methoxy groups -OCH3 is 2. The summed E-state index contributed by atoms with van der Waals surface area (Å²) in [4.78, 5) is 11.1. The standard InChI is InChI=1S/C19H21NO5S/c1-23-15-8-7-12(18-20-14(11-26-18)19(21)22)9-13(15)10-25-17-6-4-3-5-16(17)24-2/h3-9,14,18,20H,10-11H2,1-2H3,(H,21,22). The number of aliphatic carboxylic acids is 1. The van der Waals surface area contributed by atoms with Crippen LogP contribution >= 0.6 is 11.8 Å². The molecule has 1 heterocycles. The van der Waals surface area contributed by atoms with Gasteiger partial charge in [0.1, 0.15) is 18.4 Å². The molecule has 1 fully saturated rings. The zero-order valence-corrected chi connectivity index (χ0v) is 15.4. The molecule has 1 aliphatic rings. The number of hydrogen-bond donors (Lipinski definition) is 2. The number of ether oxygens (including phenoxy) is 3. The molecule has 2 atom stereocenters. The zero-order chi connectivity index (χ0) is 18.5. The van der Waals surface area contributed by atoms with E-state index in [9.17, 15) is 4.79 Å². The average molecular weight is 375 g/mol. The number of hydrogen-bond acceptors (Lipinski definition) is 6. The van der Waals surface area contributed by atoms with Crippen LogP contribution < -0.4 is 19.5 Å². The summed E-state index contributed by atoms with van der Waals surface area (Å²) in [6.07, 6.45) is 0. The fourth-order valence-corrected chi connectivity index (χ4v) is 4.00. The van der Waals surface area contributed by atoms with Gasteiger partial charge in [0.2, 0.25) is 0 Å². The van der Waals surface area contributed by atoms with Crippen LogP contribution in [0.4, 0.5) is 0 Å². The molecule has 7 heteroatoms. The summed E-state index contributed by atoms with van der Waals surface area (Å²) in [5.74, 6) is 1.76. The molecule has 0 amide bonds. The maximum absolute atomic E-state index is 11.1. The summed E-state index contributed by atoms with van der Waals surface area (Å²) in [5, 5.41) is 12.2. The molecule has 0 aromatic heterocycles. The number of benzene rings is 2. The van der Waals surface area contributed by atoms with Crippen molar-refractivity contribution in [2.75, 3.05) is 20.0 Å². The zero-order valence-electron chi connectivity index (χ0n) is 14.6. The van der Waals surface area contributed by atoms with Crippen LogP contribution in [0.2, 0.25) is 0 Å². The summed E-state index contributed by atoms with van der Waals surface area (Å²) < 4.78 is 16.6. The van der Waals surface area contributed by atoms with Gasteiger partial charge >= 0.3 is 5.97 Å². The first kappa shape index (κ1) is 18.4. The molecule has 138 valence electrons. The predicted molar refractivity (Wildman–Crippen MR) is 100 cm³/mol. The Morgan fingerprint density at radius 3 is 2.54 bits per heavy atom. The lowest BCUT2D eigenvalue weighted by Crippen LogP contribution is -2.33. The second-order valence-corrected chi connectivity index (χ2v) is 6.92. The largest absolute Gasteiger partial charge is 0.496 e. The smallest absolute Gasteiger partial charge is 0.321 e. The van der Waals surface area contributed by atoms with Crippen molar-refractivity contribution < 1.29 is 24.1 Å². The van der Waals surface area contributed by atoms with Crippen molar-refractivity contribution in [3.05, 3.63) is 53.6 Å². The maximum Gasteiger partial charge on any atom is 0.321 e. The fourth-order valence-electron chi connectivity index (χ4n) is 2.77. The van der Waals surface area contributed by atoms with E-state index in [1.54, 1.807) is 26.0 Å². The molecule has 2 unspecified atom stereocenters. The lowest BCUT2D eigenvalue weighted by atomic mass is 10.1. The molecule has 0 aliphatic carbocycles. The van der Waals surface area contributed by atoms with Crippen LogP contribution in [0.3, 0.4) is 0 Å². The van der Waals surface area contributed by atoms with Gasteiger partial charge in [-0.3, -0.25) is 10.1 Å². The van der Waals surface area contributed by atoms with Crippen molar-refractivity contribution in [3.63, 3.8) is 0 Å². The van der Waals surface area contributed by atoms with Gasteiger partial charge in [0.15, 0.2) is 11.5 Å². The van der Waals surface area contributed by atoms with E-state index in [4.69, 9.17) is 19.3 Å². The van der Waals surface area contributed by atoms with Crippen LogP contribution in [0.25, 0.3) is 0 Å². The van der Waals surface area contributed by atoms with Crippen LogP contribution in [-0.4, -0.2) is 37.1 Å². The molecular formula is C19H21NO5S. The highest BCUT2D eigenvalue weighted by molar-refractivity contribution is 7.99. The molecule has 0 saturated carbocycles. The number of nitrogens with one attached hydrogen (secondary N) is 1. The van der Waals surface area contributed by atoms with Gasteiger partial charge in [0.05, 0.1) is 19.6 Å². The van der Waals surface area contributed by atoms with Gasteiger partial charge in [-0.1, -0.05) is 18.2 Å². The van der Waals surface area contributed by atoms with Crippen molar-refractivity contribution >= 4 is 17.7 Å². The summed E-state index contributed by atoms with van der Waals surface area (Å²) in [6.45, 7) is 0.317. The number of para-hydroxylation sites is 2. The SMILES string of the molecule is COc1ccc(C2NC(C(=O)O)CS2)cc1COc1ccccc1OC. The highest BCUT2D eigenvalue weighted by Crippen LogP contribution is 2.35. The van der Waals surface area contributed by atoms with E-state index >= 15 is 0 Å². The van der Waals surface area contributed by atoms with Gasteiger partial charge in [-0.2, -0.15) is 0 Å². The summed E-state index contributed by atoms with van der Waals surface area (Å²) in [7, 11) is 3.22. The quantitative estimate of drug-likeness (QED) is 0.770. The Kier molecular flexibility index (Phi) is 5.90. The Labute approximate surface area is 156 Å². The number of carboxylic acids is 1. The maximum atomic E-state index is 11.1. The van der Waals surface area contributed by atoms with E-state index in [0.717, 1.165) is 16.9 Å². The Morgan fingerprint density at radius 2 is 1.88 bits per heavy atom. The second-order valence-electron chi connectivity index (χ2n) is 5.78. The summed E-state index contributed by atoms with van der Waals surface area (Å²) in [5.41, 5.74) is 1.88. The first-order valence-corrected chi connectivity index (χ1v) is 9.20. The highest BCUT2D eigenvalue weighted by Gasteiger charge is 2.30. The Balaban J connectivity index is 1.77. The van der Waals surface area contributed by atoms with Crippen LogP contribution in [0, 0.1) is 0 Å². The van der Waals surface area contributed by atoms with E-state index in [1.165, 1.54) is 0 Å². The minimum Gasteiger partial charge on any atom is -0.496 e. The van der Waals surface area contributed by atoms with Gasteiger partial charge in [-0.05, 0) is 29.8 Å². The third kappa shape index (κ3) is 4.05. The van der Waals surface area contributed by atoms with Crippen LogP contribution in [0.1, 0.15) is 16.5 Å². The number of rotatable bonds is 7. The van der Waals surface area contributed by atoms with Crippen LogP contribution in [-0.2, 0) is 11.4 Å². The second kappa shape index (κ2) is 8.33. The van der Waals surface area contributed by atoms with E-state index < -0.39 is 12.0 Å². The van der Waals surface area contributed by atoms with Crippen LogP contribution in [0.15, 0.2) is 42.5 Å². The first-order valence-electron chi connectivity index (χ1n) is 8.15. The molecule has 2 aromatic rings. The molecule has 1 saturated heterocycles. The Morgan fingerprint density at radius 1 is 1.15 bits per heavy atom. The molecular weight excluding hydrogens is 354 g/mol. The monoisotopic (exact) mass is 375 g/mol. The van der Waals surface area contributed by atoms with E-state index in [2.05, 4.69) is 5.32 Å². The fraction of sp³-hybridized carbons (Fsp3) is 0.316. The van der Waals surface area contributed by atoms with Gasteiger partial charge in [-0.25, -0.2) is 0 Å². The minimum absolute atomic E-state index is 0.0629. The molecule has 0 spiro atoms. The highest BCUT2D eigenvalue weighted by atomic mass is 32.2. The van der Waals surface area contributed by atoms with Crippen molar-refractivity contribution in [2.24, 2.45) is 0 Å². The minimum atomic E-state index is -0.826. The first-order chi connectivity index (χ1) is 12.6. The third-order valence-corrected chi connectivity index (χ3v) is 5.41. The van der Waals surface area contributed by atoms with Crippen molar-refractivity contribution in [3.8, 4) is 17.2 Å². The summed E-state index contributed by atoms with van der Waals surface area (Å²) >= 11 is 1.58. The molecule has 26 heavy (non-hydrogen) atoms. The van der Waals surface area contributed by atoms with Crippen molar-refractivity contribution in [2.45, 2.75) is 18.0 Å². The normalized spacial score (nSPS) is 19.2. The van der Waals surface area contributed by atoms with E-state index in [1.807, 2.05) is 42.5 Å². The van der Waals surface area contributed by atoms with Gasteiger partial charge < -0.3 is 19.3 Å². The lowest BCUT2D eigenvalue weighted by molar-refractivity contribution is -0.138. The Hall–Kier alpha value is -2.38. The average Bonchev–Trinajstić information content (AvgIpc) is 3.17. The molecule has 3 rings (SSSR count). The molecule has 0 radical (unpaired) electrons. The molecule has 2 N–H and O–H groups in total. The van der Waals surface area contributed by atoms with Crippen LogP contribution in [0.5, 0.6) is 17.2 Å². The molecule has 1 aliphatic heterocycles. The van der Waals surface area contributed by atoms with E-state index in [-0.39, 0.29) is 5.37 Å². The van der Waals surface area contributed by atoms with Gasteiger partial charge in [-0.15, -0.1) is 11.8 Å². The molecule has 6 nitrogen and oxygen atoms in total. The molecule has 2 aromatic carbocycles. The number of thioether (sulfide) groups is 1. The topological polar surface area (TPSA) is 77.0 Å². The van der Waals surface area contributed by atoms with Gasteiger partial charge in [0, 0.05) is 11.3 Å². The third-order valence-electron chi connectivity index (χ3n) is 4.14.